The lowest BCUT2D eigenvalue weighted by Crippen LogP contribution is -2.45. The molecule has 0 spiro atoms. The van der Waals surface area contributed by atoms with Crippen molar-refractivity contribution >= 4 is 17.2 Å². The summed E-state index contributed by atoms with van der Waals surface area (Å²) in [5, 5.41) is 12.7. The number of hydrogen-bond donors (Lipinski definition) is 1. The number of β-amino-alcohol motifs (C(OH)–C–C–N with tert-alkyl or cyclic N) is 1. The van der Waals surface area contributed by atoms with Crippen molar-refractivity contribution in [2.24, 2.45) is 5.92 Å². The smallest absolute Gasteiger partial charge is 0.273 e. The Bertz CT molecular complexity index is 641. The highest BCUT2D eigenvalue weighted by atomic mass is 32.1. The van der Waals surface area contributed by atoms with Crippen molar-refractivity contribution < 1.29 is 9.90 Å². The molecular weight excluding hydrogens is 296 g/mol. The molecule has 1 N–H and O–H groups in total. The molecule has 0 aliphatic carbocycles. The van der Waals surface area contributed by atoms with Gasteiger partial charge in [0.15, 0.2) is 0 Å². The lowest BCUT2D eigenvalue weighted by molar-refractivity contribution is 0.0245. The van der Waals surface area contributed by atoms with E-state index in [0.29, 0.717) is 18.8 Å². The molecule has 1 saturated heterocycles. The molecule has 2 atom stereocenters. The van der Waals surface area contributed by atoms with E-state index in [0.717, 1.165) is 17.8 Å². The SMILES string of the molecule is C[C@@H]1CCN(C(=O)c2csc(Cc3ccccc3)n2)C[C@H]1O. The third-order valence-corrected chi connectivity index (χ3v) is 5.02. The number of benzene rings is 1. The summed E-state index contributed by atoms with van der Waals surface area (Å²) >= 11 is 1.52. The van der Waals surface area contributed by atoms with Crippen LogP contribution in [-0.4, -0.2) is 40.1 Å². The summed E-state index contributed by atoms with van der Waals surface area (Å²) in [6.07, 6.45) is 1.16. The number of piperidine rings is 1. The van der Waals surface area contributed by atoms with E-state index in [4.69, 9.17) is 0 Å². The summed E-state index contributed by atoms with van der Waals surface area (Å²) in [5.41, 5.74) is 1.69. The van der Waals surface area contributed by atoms with Crippen molar-refractivity contribution in [3.63, 3.8) is 0 Å². The second kappa shape index (κ2) is 6.58. The minimum absolute atomic E-state index is 0.0680. The van der Waals surface area contributed by atoms with Crippen LogP contribution in [0.4, 0.5) is 0 Å². The van der Waals surface area contributed by atoms with Gasteiger partial charge in [-0.3, -0.25) is 4.79 Å². The fourth-order valence-electron chi connectivity index (χ4n) is 2.66. The van der Waals surface area contributed by atoms with Crippen LogP contribution in [0.1, 0.15) is 34.4 Å². The van der Waals surface area contributed by atoms with Crippen molar-refractivity contribution in [1.29, 1.82) is 0 Å². The van der Waals surface area contributed by atoms with Crippen molar-refractivity contribution in [2.45, 2.75) is 25.9 Å². The molecule has 0 saturated carbocycles. The highest BCUT2D eigenvalue weighted by Crippen LogP contribution is 2.21. The van der Waals surface area contributed by atoms with E-state index in [2.05, 4.69) is 17.1 Å². The molecule has 1 amide bonds. The van der Waals surface area contributed by atoms with Crippen LogP contribution in [0.5, 0.6) is 0 Å². The molecular formula is C17H20N2O2S. The third-order valence-electron chi connectivity index (χ3n) is 4.17. The van der Waals surface area contributed by atoms with Crippen LogP contribution in [0.2, 0.25) is 0 Å². The van der Waals surface area contributed by atoms with Crippen LogP contribution in [0.3, 0.4) is 0 Å². The van der Waals surface area contributed by atoms with Crippen LogP contribution in [0, 0.1) is 5.92 Å². The molecule has 22 heavy (non-hydrogen) atoms. The quantitative estimate of drug-likeness (QED) is 0.947. The first kappa shape index (κ1) is 15.2. The highest BCUT2D eigenvalue weighted by molar-refractivity contribution is 7.09. The first-order valence-corrected chi connectivity index (χ1v) is 8.47. The number of aromatic nitrogens is 1. The zero-order valence-electron chi connectivity index (χ0n) is 12.6. The number of aliphatic hydroxyl groups excluding tert-OH is 1. The molecule has 4 nitrogen and oxygen atoms in total. The average molecular weight is 316 g/mol. The van der Waals surface area contributed by atoms with E-state index >= 15 is 0 Å². The number of carbonyl (C=O) groups excluding carboxylic acids is 1. The maximum absolute atomic E-state index is 12.5. The van der Waals surface area contributed by atoms with E-state index in [-0.39, 0.29) is 11.8 Å². The monoisotopic (exact) mass is 316 g/mol. The number of rotatable bonds is 3. The van der Waals surface area contributed by atoms with Crippen LogP contribution in [-0.2, 0) is 6.42 Å². The lowest BCUT2D eigenvalue weighted by Gasteiger charge is -2.33. The minimum Gasteiger partial charge on any atom is -0.391 e. The first-order valence-electron chi connectivity index (χ1n) is 7.59. The van der Waals surface area contributed by atoms with Crippen molar-refractivity contribution in [3.05, 3.63) is 52.0 Å². The maximum Gasteiger partial charge on any atom is 0.273 e. The largest absolute Gasteiger partial charge is 0.391 e. The Kier molecular flexibility index (Phi) is 4.55. The average Bonchev–Trinajstić information content (AvgIpc) is 2.99. The van der Waals surface area contributed by atoms with Gasteiger partial charge in [0.2, 0.25) is 0 Å². The Morgan fingerprint density at radius 2 is 2.18 bits per heavy atom. The summed E-state index contributed by atoms with van der Waals surface area (Å²) in [6.45, 7) is 3.13. The van der Waals surface area contributed by atoms with Gasteiger partial charge in [0, 0.05) is 24.9 Å². The Morgan fingerprint density at radius 1 is 1.41 bits per heavy atom. The van der Waals surface area contributed by atoms with Gasteiger partial charge in [-0.05, 0) is 17.9 Å². The Hall–Kier alpha value is -1.72. The molecule has 0 radical (unpaired) electrons. The van der Waals surface area contributed by atoms with Crippen LogP contribution < -0.4 is 0 Å². The van der Waals surface area contributed by atoms with E-state index < -0.39 is 6.10 Å². The normalized spacial score (nSPS) is 21.8. The zero-order valence-corrected chi connectivity index (χ0v) is 13.4. The molecule has 1 aliphatic rings. The molecule has 0 bridgehead atoms. The second-order valence-electron chi connectivity index (χ2n) is 5.87. The number of carbonyl (C=O) groups is 1. The van der Waals surface area contributed by atoms with E-state index in [1.807, 2.05) is 30.5 Å². The Labute approximate surface area is 134 Å². The van der Waals surface area contributed by atoms with Crippen molar-refractivity contribution in [2.75, 3.05) is 13.1 Å². The van der Waals surface area contributed by atoms with E-state index in [1.165, 1.54) is 16.9 Å². The summed E-state index contributed by atoms with van der Waals surface area (Å²) in [4.78, 5) is 18.7. The number of nitrogens with zero attached hydrogens (tertiary/aromatic N) is 2. The number of thiazole rings is 1. The second-order valence-corrected chi connectivity index (χ2v) is 6.82. The molecule has 5 heteroatoms. The molecule has 1 aromatic heterocycles. The van der Waals surface area contributed by atoms with Gasteiger partial charge in [-0.2, -0.15) is 0 Å². The molecule has 3 rings (SSSR count). The first-order chi connectivity index (χ1) is 10.6. The van der Waals surface area contributed by atoms with Gasteiger partial charge in [-0.25, -0.2) is 4.98 Å². The number of amides is 1. The Balaban J connectivity index is 1.67. The van der Waals surface area contributed by atoms with Gasteiger partial charge in [0.25, 0.3) is 5.91 Å². The van der Waals surface area contributed by atoms with Crippen molar-refractivity contribution in [3.8, 4) is 0 Å². The fourth-order valence-corrected chi connectivity index (χ4v) is 3.46. The highest BCUT2D eigenvalue weighted by Gasteiger charge is 2.28. The third kappa shape index (κ3) is 3.36. The predicted molar refractivity (Wildman–Crippen MR) is 87.1 cm³/mol. The summed E-state index contributed by atoms with van der Waals surface area (Å²) in [6, 6.07) is 10.1. The maximum atomic E-state index is 12.5. The van der Waals surface area contributed by atoms with Crippen LogP contribution in [0.25, 0.3) is 0 Å². The summed E-state index contributed by atoms with van der Waals surface area (Å²) < 4.78 is 0. The topological polar surface area (TPSA) is 53.4 Å². The molecule has 2 aromatic rings. The van der Waals surface area contributed by atoms with Crippen LogP contribution in [0.15, 0.2) is 35.7 Å². The number of hydrogen-bond acceptors (Lipinski definition) is 4. The lowest BCUT2D eigenvalue weighted by atomic mass is 9.96. The van der Waals surface area contributed by atoms with Crippen molar-refractivity contribution in [1.82, 2.24) is 9.88 Å². The van der Waals surface area contributed by atoms with Crippen LogP contribution >= 0.6 is 11.3 Å². The molecule has 1 aromatic carbocycles. The van der Waals surface area contributed by atoms with Gasteiger partial charge in [0.1, 0.15) is 5.69 Å². The van der Waals surface area contributed by atoms with Gasteiger partial charge in [-0.15, -0.1) is 11.3 Å². The molecule has 2 heterocycles. The Morgan fingerprint density at radius 3 is 2.91 bits per heavy atom. The summed E-state index contributed by atoms with van der Waals surface area (Å²) in [5.74, 6) is 0.189. The molecule has 1 fully saturated rings. The van der Waals surface area contributed by atoms with Gasteiger partial charge < -0.3 is 10.0 Å². The van der Waals surface area contributed by atoms with Gasteiger partial charge >= 0.3 is 0 Å². The van der Waals surface area contributed by atoms with E-state index in [9.17, 15) is 9.90 Å². The minimum atomic E-state index is -0.430. The fraction of sp³-hybridized carbons (Fsp3) is 0.412. The van der Waals surface area contributed by atoms with E-state index in [1.54, 1.807) is 4.90 Å². The molecule has 0 unspecified atom stereocenters. The van der Waals surface area contributed by atoms with Gasteiger partial charge in [0.05, 0.1) is 11.1 Å². The predicted octanol–water partition coefficient (Wildman–Crippen LogP) is 2.58. The number of aliphatic hydroxyl groups is 1. The standard InChI is InChI=1S/C17H20N2O2S/c1-12-7-8-19(10-15(12)20)17(21)14-11-22-16(18-14)9-13-5-3-2-4-6-13/h2-6,11-12,15,20H,7-10H2,1H3/t12-,15-/m1/s1. The van der Waals surface area contributed by atoms with Gasteiger partial charge in [-0.1, -0.05) is 37.3 Å². The zero-order chi connectivity index (χ0) is 15.5. The summed E-state index contributed by atoms with van der Waals surface area (Å²) in [7, 11) is 0. The molecule has 116 valence electrons. The number of likely N-dealkylation sites (tertiary alicyclic amines) is 1. The molecule has 1 aliphatic heterocycles.